The second-order valence-corrected chi connectivity index (χ2v) is 7.01. The van der Waals surface area contributed by atoms with Crippen molar-refractivity contribution < 1.29 is 18.8 Å². The zero-order valence-electron chi connectivity index (χ0n) is 15.3. The van der Waals surface area contributed by atoms with E-state index in [0.717, 1.165) is 21.3 Å². The first-order valence-corrected chi connectivity index (χ1v) is 9.52. The summed E-state index contributed by atoms with van der Waals surface area (Å²) >= 11 is 3.42. The van der Waals surface area contributed by atoms with E-state index in [9.17, 15) is 4.79 Å². The fraction of sp³-hybridized carbons (Fsp3) is 0.263. The van der Waals surface area contributed by atoms with E-state index in [4.69, 9.17) is 14.0 Å². The molecule has 1 aliphatic carbocycles. The molecule has 0 fully saturated rings. The molecular formula is C19H17BrN4O4. The Hall–Kier alpha value is -2.94. The molecule has 8 nitrogen and oxygen atoms in total. The predicted molar refractivity (Wildman–Crippen MR) is 105 cm³/mol. The van der Waals surface area contributed by atoms with Crippen molar-refractivity contribution in [2.45, 2.75) is 19.8 Å². The number of ether oxygens (including phenoxy) is 2. The quantitative estimate of drug-likeness (QED) is 0.590. The minimum atomic E-state index is -0.508. The van der Waals surface area contributed by atoms with Crippen LogP contribution < -0.4 is 10.1 Å². The van der Waals surface area contributed by atoms with Gasteiger partial charge in [0.2, 0.25) is 11.7 Å². The fourth-order valence-corrected chi connectivity index (χ4v) is 3.43. The van der Waals surface area contributed by atoms with Crippen LogP contribution in [0.15, 0.2) is 33.4 Å². The molecule has 0 amide bonds. The molecule has 0 spiro atoms. The predicted octanol–water partition coefficient (Wildman–Crippen LogP) is 3.92. The van der Waals surface area contributed by atoms with E-state index in [0.29, 0.717) is 35.9 Å². The summed E-state index contributed by atoms with van der Waals surface area (Å²) < 4.78 is 16.6. The van der Waals surface area contributed by atoms with E-state index < -0.39 is 5.97 Å². The first-order chi connectivity index (χ1) is 13.6. The molecule has 2 aromatic heterocycles. The number of carbonyl (C=O) groups is 1. The number of rotatable bonds is 5. The van der Waals surface area contributed by atoms with Crippen LogP contribution >= 0.6 is 15.9 Å². The molecule has 2 heterocycles. The molecule has 4 rings (SSSR count). The average Bonchev–Trinajstić information content (AvgIpc) is 3.14. The van der Waals surface area contributed by atoms with Gasteiger partial charge >= 0.3 is 5.97 Å². The van der Waals surface area contributed by atoms with Gasteiger partial charge in [-0.15, -0.1) is 0 Å². The molecule has 144 valence electrons. The van der Waals surface area contributed by atoms with Crippen LogP contribution in [0.2, 0.25) is 0 Å². The standard InChI is InChI=1S/C19H17BrN4O4/c1-3-27-18(25)17-12-6-4-10-9-21-19(23-15(10)16(12)24-28-17)22-13-7-5-11(20)8-14(13)26-2/h5,7-9H,3-4,6H2,1-2H3,(H,21,22,23). The highest BCUT2D eigenvalue weighted by atomic mass is 79.9. The van der Waals surface area contributed by atoms with Gasteiger partial charge in [-0.2, -0.15) is 0 Å². The second kappa shape index (κ2) is 7.59. The molecule has 9 heteroatoms. The molecule has 0 radical (unpaired) electrons. The van der Waals surface area contributed by atoms with Crippen molar-refractivity contribution >= 4 is 33.5 Å². The first kappa shape index (κ1) is 18.4. The monoisotopic (exact) mass is 444 g/mol. The summed E-state index contributed by atoms with van der Waals surface area (Å²) in [4.78, 5) is 21.1. The molecule has 3 aromatic rings. The molecule has 1 N–H and O–H groups in total. The highest BCUT2D eigenvalue weighted by molar-refractivity contribution is 9.10. The van der Waals surface area contributed by atoms with E-state index in [1.807, 2.05) is 18.2 Å². The van der Waals surface area contributed by atoms with E-state index in [1.54, 1.807) is 20.2 Å². The third-order valence-electron chi connectivity index (χ3n) is 4.39. The number of anilines is 2. The normalized spacial score (nSPS) is 12.1. The Morgan fingerprint density at radius 3 is 2.96 bits per heavy atom. The van der Waals surface area contributed by atoms with Crippen LogP contribution in [0, 0.1) is 0 Å². The van der Waals surface area contributed by atoms with Crippen molar-refractivity contribution in [1.29, 1.82) is 0 Å². The molecule has 1 aromatic carbocycles. The number of halogens is 1. The van der Waals surface area contributed by atoms with Crippen LogP contribution in [0.5, 0.6) is 5.75 Å². The number of esters is 1. The van der Waals surface area contributed by atoms with Gasteiger partial charge in [-0.1, -0.05) is 21.1 Å². The van der Waals surface area contributed by atoms with Gasteiger partial charge in [0, 0.05) is 16.2 Å². The number of carbonyl (C=O) groups excluding carboxylic acids is 1. The molecule has 0 atom stereocenters. The summed E-state index contributed by atoms with van der Waals surface area (Å²) in [6.45, 7) is 2.02. The summed E-state index contributed by atoms with van der Waals surface area (Å²) in [6, 6.07) is 5.61. The number of aryl methyl sites for hydroxylation is 1. The van der Waals surface area contributed by atoms with Gasteiger partial charge in [0.05, 0.1) is 19.4 Å². The zero-order chi connectivity index (χ0) is 19.7. The molecule has 1 aliphatic rings. The molecular weight excluding hydrogens is 428 g/mol. The van der Waals surface area contributed by atoms with Gasteiger partial charge in [0.1, 0.15) is 17.1 Å². The third kappa shape index (κ3) is 3.33. The van der Waals surface area contributed by atoms with Gasteiger partial charge in [0.15, 0.2) is 0 Å². The zero-order valence-corrected chi connectivity index (χ0v) is 16.9. The summed E-state index contributed by atoms with van der Waals surface area (Å²) in [7, 11) is 1.60. The van der Waals surface area contributed by atoms with Crippen molar-refractivity contribution in [3.63, 3.8) is 0 Å². The second-order valence-electron chi connectivity index (χ2n) is 6.10. The first-order valence-electron chi connectivity index (χ1n) is 8.73. The lowest BCUT2D eigenvalue weighted by atomic mass is 9.94. The number of benzene rings is 1. The highest BCUT2D eigenvalue weighted by Gasteiger charge is 2.30. The Balaban J connectivity index is 1.69. The Bertz CT molecular complexity index is 1050. The number of hydrogen-bond donors (Lipinski definition) is 1. The fourth-order valence-electron chi connectivity index (χ4n) is 3.09. The number of fused-ring (bicyclic) bond motifs is 3. The van der Waals surface area contributed by atoms with Crippen molar-refractivity contribution in [2.75, 3.05) is 19.0 Å². The topological polar surface area (TPSA) is 99.4 Å². The summed E-state index contributed by atoms with van der Waals surface area (Å²) in [5.41, 5.74) is 3.60. The van der Waals surface area contributed by atoms with Crippen LogP contribution in [-0.2, 0) is 17.6 Å². The summed E-state index contributed by atoms with van der Waals surface area (Å²) in [5.74, 6) is 0.687. The van der Waals surface area contributed by atoms with Crippen molar-refractivity contribution in [3.05, 3.63) is 45.8 Å². The van der Waals surface area contributed by atoms with Crippen LogP contribution in [0.4, 0.5) is 11.6 Å². The van der Waals surface area contributed by atoms with Crippen LogP contribution in [0.25, 0.3) is 11.4 Å². The maximum atomic E-state index is 12.1. The number of methoxy groups -OCH3 is 1. The van der Waals surface area contributed by atoms with Gasteiger partial charge < -0.3 is 19.3 Å². The lowest BCUT2D eigenvalue weighted by Gasteiger charge is -2.15. The molecule has 0 saturated heterocycles. The number of aromatic nitrogens is 3. The van der Waals surface area contributed by atoms with E-state index in [-0.39, 0.29) is 12.4 Å². The van der Waals surface area contributed by atoms with Crippen LogP contribution in [0.1, 0.15) is 28.6 Å². The molecule has 28 heavy (non-hydrogen) atoms. The van der Waals surface area contributed by atoms with Crippen molar-refractivity contribution in [1.82, 2.24) is 15.1 Å². The molecule has 0 aliphatic heterocycles. The lowest BCUT2D eigenvalue weighted by molar-refractivity contribution is 0.0478. The number of nitrogens with zero attached hydrogens (tertiary/aromatic N) is 3. The van der Waals surface area contributed by atoms with E-state index >= 15 is 0 Å². The Labute approximate surface area is 169 Å². The van der Waals surface area contributed by atoms with Crippen LogP contribution in [0.3, 0.4) is 0 Å². The van der Waals surface area contributed by atoms with Crippen molar-refractivity contribution in [2.24, 2.45) is 0 Å². The largest absolute Gasteiger partial charge is 0.495 e. The maximum Gasteiger partial charge on any atom is 0.377 e. The average molecular weight is 445 g/mol. The summed E-state index contributed by atoms with van der Waals surface area (Å²) in [5, 5.41) is 7.23. The third-order valence-corrected chi connectivity index (χ3v) is 4.89. The van der Waals surface area contributed by atoms with Crippen molar-refractivity contribution in [3.8, 4) is 17.1 Å². The number of nitrogens with one attached hydrogen (secondary N) is 1. The van der Waals surface area contributed by atoms with Crippen LogP contribution in [-0.4, -0.2) is 34.8 Å². The minimum Gasteiger partial charge on any atom is -0.495 e. The highest BCUT2D eigenvalue weighted by Crippen LogP contribution is 2.35. The van der Waals surface area contributed by atoms with Gasteiger partial charge in [-0.25, -0.2) is 14.8 Å². The molecule has 0 unspecified atom stereocenters. The maximum absolute atomic E-state index is 12.1. The smallest absolute Gasteiger partial charge is 0.377 e. The molecule has 0 saturated carbocycles. The van der Waals surface area contributed by atoms with Gasteiger partial charge in [-0.3, -0.25) is 0 Å². The Kier molecular flexibility index (Phi) is 4.99. The van der Waals surface area contributed by atoms with Gasteiger partial charge in [0.25, 0.3) is 0 Å². The molecule has 0 bridgehead atoms. The summed E-state index contributed by atoms with van der Waals surface area (Å²) in [6.07, 6.45) is 3.08. The van der Waals surface area contributed by atoms with E-state index in [1.165, 1.54) is 0 Å². The van der Waals surface area contributed by atoms with Gasteiger partial charge in [-0.05, 0) is 43.5 Å². The Morgan fingerprint density at radius 2 is 2.18 bits per heavy atom. The number of hydrogen-bond acceptors (Lipinski definition) is 8. The lowest BCUT2D eigenvalue weighted by Crippen LogP contribution is -2.12. The minimum absolute atomic E-state index is 0.144. The van der Waals surface area contributed by atoms with E-state index in [2.05, 4.69) is 36.4 Å². The SMILES string of the molecule is CCOC(=O)c1onc2c1CCc1cnc(Nc3ccc(Br)cc3OC)nc1-2. The Morgan fingerprint density at radius 1 is 1.32 bits per heavy atom.